The molecule has 3 N–H and O–H groups in total. The minimum Gasteiger partial charge on any atom is -0.487 e. The van der Waals surface area contributed by atoms with E-state index in [2.05, 4.69) is 20.3 Å². The Kier molecular flexibility index (Phi) is 8.88. The van der Waals surface area contributed by atoms with Crippen LogP contribution in [0.1, 0.15) is 13.3 Å². The fraction of sp³-hybridized carbons (Fsp3) is 0.533. The fourth-order valence-electron chi connectivity index (χ4n) is 1.84. The molecule has 1 aromatic carbocycles. The maximum Gasteiger partial charge on any atom is 0.208 e. The molecule has 0 aliphatic carbocycles. The van der Waals surface area contributed by atoms with Gasteiger partial charge in [-0.15, -0.1) is 0 Å². The second-order valence-electron chi connectivity index (χ2n) is 5.12. The third-order valence-corrected chi connectivity index (χ3v) is 4.13. The molecule has 7 nitrogen and oxygen atoms in total. The number of hydrogen-bond acceptors (Lipinski definition) is 4. The van der Waals surface area contributed by atoms with E-state index in [-0.39, 0.29) is 12.6 Å². The number of benzene rings is 1. The molecular formula is C15H25ClN4O3S. The van der Waals surface area contributed by atoms with Crippen molar-refractivity contribution in [3.05, 3.63) is 29.3 Å². The predicted molar refractivity (Wildman–Crippen MR) is 98.4 cm³/mol. The zero-order valence-electron chi connectivity index (χ0n) is 14.2. The maximum atomic E-state index is 11.0. The van der Waals surface area contributed by atoms with Gasteiger partial charge in [-0.2, -0.15) is 0 Å². The van der Waals surface area contributed by atoms with Crippen molar-refractivity contribution in [2.75, 3.05) is 32.9 Å². The van der Waals surface area contributed by atoms with Gasteiger partial charge in [0, 0.05) is 20.1 Å². The van der Waals surface area contributed by atoms with Gasteiger partial charge in [-0.3, -0.25) is 4.99 Å². The summed E-state index contributed by atoms with van der Waals surface area (Å²) in [5.74, 6) is 1.22. The van der Waals surface area contributed by atoms with Crippen LogP contribution in [0.5, 0.6) is 5.75 Å². The number of hydrogen-bond donors (Lipinski definition) is 3. The van der Waals surface area contributed by atoms with E-state index in [1.54, 1.807) is 13.1 Å². The number of aliphatic imine (C=N–C) groups is 1. The topological polar surface area (TPSA) is 91.8 Å². The number of sulfonamides is 1. The number of ether oxygens (including phenoxy) is 1. The van der Waals surface area contributed by atoms with Gasteiger partial charge < -0.3 is 15.4 Å². The minimum atomic E-state index is -3.18. The molecule has 1 rings (SSSR count). The van der Waals surface area contributed by atoms with E-state index >= 15 is 0 Å². The van der Waals surface area contributed by atoms with Gasteiger partial charge in [0.25, 0.3) is 0 Å². The highest BCUT2D eigenvalue weighted by Gasteiger charge is 2.11. The van der Waals surface area contributed by atoms with Gasteiger partial charge in [-0.25, -0.2) is 13.1 Å². The van der Waals surface area contributed by atoms with Gasteiger partial charge in [0.05, 0.1) is 17.8 Å². The van der Waals surface area contributed by atoms with Crippen LogP contribution in [-0.4, -0.2) is 53.4 Å². The highest BCUT2D eigenvalue weighted by Crippen LogP contribution is 2.24. The lowest BCUT2D eigenvalue weighted by atomic mass is 10.2. The molecule has 0 spiro atoms. The van der Waals surface area contributed by atoms with Crippen molar-refractivity contribution in [1.82, 2.24) is 15.4 Å². The Bertz CT molecular complexity index is 637. The van der Waals surface area contributed by atoms with E-state index in [9.17, 15) is 8.42 Å². The number of halogens is 1. The van der Waals surface area contributed by atoms with E-state index in [1.807, 2.05) is 25.1 Å². The molecule has 136 valence electrons. The second-order valence-corrected chi connectivity index (χ2v) is 7.37. The standard InChI is InChI=1S/C15H25ClN4O3S/c1-4-12(23-14-8-6-5-7-13(14)16)11-19-15(17-2)18-9-10-20-24(3,21)22/h5-8,12,20H,4,9-11H2,1-3H3,(H2,17,18,19). The summed E-state index contributed by atoms with van der Waals surface area (Å²) in [7, 11) is -1.53. The molecule has 1 unspecified atom stereocenters. The third-order valence-electron chi connectivity index (χ3n) is 3.09. The van der Waals surface area contributed by atoms with E-state index in [0.717, 1.165) is 12.7 Å². The van der Waals surface area contributed by atoms with E-state index in [1.165, 1.54) is 0 Å². The predicted octanol–water partition coefficient (Wildman–Crippen LogP) is 1.21. The molecule has 1 aromatic rings. The molecule has 0 saturated carbocycles. The summed E-state index contributed by atoms with van der Waals surface area (Å²) in [6.07, 6.45) is 1.85. The summed E-state index contributed by atoms with van der Waals surface area (Å²) in [6.45, 7) is 3.28. The third kappa shape index (κ3) is 8.37. The van der Waals surface area contributed by atoms with Crippen molar-refractivity contribution in [1.29, 1.82) is 0 Å². The monoisotopic (exact) mass is 376 g/mol. The van der Waals surface area contributed by atoms with Crippen LogP contribution in [0, 0.1) is 0 Å². The minimum absolute atomic E-state index is 0.0717. The highest BCUT2D eigenvalue weighted by atomic mass is 35.5. The van der Waals surface area contributed by atoms with Crippen molar-refractivity contribution in [2.45, 2.75) is 19.4 Å². The molecule has 0 radical (unpaired) electrons. The summed E-state index contributed by atoms with van der Waals surface area (Å²) in [4.78, 5) is 4.09. The number of nitrogens with zero attached hydrogens (tertiary/aromatic N) is 1. The first kappa shape index (κ1) is 20.5. The SMILES string of the molecule is CCC(CNC(=NC)NCCNS(C)(=O)=O)Oc1ccccc1Cl. The number of nitrogens with one attached hydrogen (secondary N) is 3. The van der Waals surface area contributed by atoms with E-state index in [0.29, 0.717) is 29.8 Å². The van der Waals surface area contributed by atoms with Crippen LogP contribution in [0.25, 0.3) is 0 Å². The summed E-state index contributed by atoms with van der Waals surface area (Å²) >= 11 is 6.10. The van der Waals surface area contributed by atoms with Crippen LogP contribution < -0.4 is 20.1 Å². The molecule has 0 bridgehead atoms. The lowest BCUT2D eigenvalue weighted by Gasteiger charge is -2.20. The Morgan fingerprint density at radius 1 is 1.29 bits per heavy atom. The van der Waals surface area contributed by atoms with Crippen LogP contribution in [0.2, 0.25) is 5.02 Å². The first-order chi connectivity index (χ1) is 11.4. The van der Waals surface area contributed by atoms with Gasteiger partial charge >= 0.3 is 0 Å². The molecule has 1 atom stereocenters. The molecule has 0 aliphatic rings. The molecular weight excluding hydrogens is 352 g/mol. The zero-order valence-corrected chi connectivity index (χ0v) is 15.7. The van der Waals surface area contributed by atoms with Crippen molar-refractivity contribution in [3.63, 3.8) is 0 Å². The first-order valence-electron chi connectivity index (χ1n) is 7.66. The molecule has 0 fully saturated rings. The summed E-state index contributed by atoms with van der Waals surface area (Å²) < 4.78 is 30.3. The quantitative estimate of drug-likeness (QED) is 0.342. The fourth-order valence-corrected chi connectivity index (χ4v) is 2.49. The largest absolute Gasteiger partial charge is 0.487 e. The van der Waals surface area contributed by atoms with Gasteiger partial charge in [0.2, 0.25) is 10.0 Å². The normalized spacial score (nSPS) is 13.4. The lowest BCUT2D eigenvalue weighted by Crippen LogP contribution is -2.44. The Labute approximate surface area is 148 Å². The van der Waals surface area contributed by atoms with Gasteiger partial charge in [0.15, 0.2) is 5.96 Å². The number of guanidine groups is 1. The summed E-state index contributed by atoms with van der Waals surface area (Å²) in [5.41, 5.74) is 0. The molecule has 24 heavy (non-hydrogen) atoms. The second kappa shape index (κ2) is 10.4. The Balaban J connectivity index is 2.41. The van der Waals surface area contributed by atoms with Crippen molar-refractivity contribution < 1.29 is 13.2 Å². The van der Waals surface area contributed by atoms with Crippen LogP contribution >= 0.6 is 11.6 Å². The highest BCUT2D eigenvalue weighted by molar-refractivity contribution is 7.88. The molecule has 0 saturated heterocycles. The molecule has 0 heterocycles. The molecule has 0 amide bonds. The number of para-hydroxylation sites is 1. The Morgan fingerprint density at radius 3 is 2.58 bits per heavy atom. The van der Waals surface area contributed by atoms with Crippen LogP contribution in [0.4, 0.5) is 0 Å². The van der Waals surface area contributed by atoms with Gasteiger partial charge in [-0.05, 0) is 18.6 Å². The van der Waals surface area contributed by atoms with Crippen LogP contribution in [0.15, 0.2) is 29.3 Å². The van der Waals surface area contributed by atoms with Crippen molar-refractivity contribution in [3.8, 4) is 5.75 Å². The van der Waals surface area contributed by atoms with E-state index in [4.69, 9.17) is 16.3 Å². The number of rotatable bonds is 9. The lowest BCUT2D eigenvalue weighted by molar-refractivity contribution is 0.199. The van der Waals surface area contributed by atoms with E-state index < -0.39 is 10.0 Å². The smallest absolute Gasteiger partial charge is 0.208 e. The van der Waals surface area contributed by atoms with Crippen LogP contribution in [-0.2, 0) is 10.0 Å². The van der Waals surface area contributed by atoms with Gasteiger partial charge in [0.1, 0.15) is 11.9 Å². The Hall–Kier alpha value is -1.51. The van der Waals surface area contributed by atoms with Gasteiger partial charge in [-0.1, -0.05) is 30.7 Å². The molecule has 0 aliphatic heterocycles. The average Bonchev–Trinajstić information content (AvgIpc) is 2.53. The molecule has 9 heteroatoms. The summed E-state index contributed by atoms with van der Waals surface area (Å²) in [6, 6.07) is 7.34. The maximum absolute atomic E-state index is 11.0. The van der Waals surface area contributed by atoms with Crippen molar-refractivity contribution >= 4 is 27.6 Å². The first-order valence-corrected chi connectivity index (χ1v) is 9.93. The van der Waals surface area contributed by atoms with Crippen LogP contribution in [0.3, 0.4) is 0 Å². The molecule has 0 aromatic heterocycles. The average molecular weight is 377 g/mol. The van der Waals surface area contributed by atoms with Crippen molar-refractivity contribution in [2.24, 2.45) is 4.99 Å². The zero-order chi connectivity index (χ0) is 18.0. The Morgan fingerprint density at radius 2 is 2.00 bits per heavy atom. The summed E-state index contributed by atoms with van der Waals surface area (Å²) in [5, 5.41) is 6.75.